The van der Waals surface area contributed by atoms with Gasteiger partial charge in [0.25, 0.3) is 5.56 Å². The molecule has 1 aliphatic heterocycles. The topological polar surface area (TPSA) is 85.1 Å². The monoisotopic (exact) mass is 426 g/mol. The van der Waals surface area contributed by atoms with Crippen molar-refractivity contribution in [1.82, 2.24) is 29.5 Å². The summed E-state index contributed by atoms with van der Waals surface area (Å²) in [5.74, 6) is 0.629. The van der Waals surface area contributed by atoms with Crippen LogP contribution in [-0.2, 0) is 4.79 Å². The van der Waals surface area contributed by atoms with Gasteiger partial charge in [-0.1, -0.05) is 43.8 Å². The first-order valence-electron chi connectivity index (χ1n) is 10.3. The Morgan fingerprint density at radius 2 is 2.03 bits per heavy atom. The summed E-state index contributed by atoms with van der Waals surface area (Å²) >= 11 is 1.51. The van der Waals surface area contributed by atoms with Gasteiger partial charge < -0.3 is 10.2 Å². The van der Waals surface area contributed by atoms with Crippen LogP contribution in [0.5, 0.6) is 0 Å². The summed E-state index contributed by atoms with van der Waals surface area (Å²) < 4.78 is 3.35. The lowest BCUT2D eigenvalue weighted by molar-refractivity contribution is -0.121. The second-order valence-corrected chi connectivity index (χ2v) is 8.23. The highest BCUT2D eigenvalue weighted by atomic mass is 32.2. The number of thioether (sulfide) groups is 1. The fraction of sp³-hybridized carbons (Fsp3) is 0.429. The number of nitrogens with zero attached hydrogens (tertiary/aromatic N) is 5. The van der Waals surface area contributed by atoms with E-state index >= 15 is 0 Å². The number of carbonyl (C=O) groups excluding carboxylic acids is 1. The molecule has 0 fully saturated rings. The Labute approximate surface area is 179 Å². The molecule has 0 aliphatic carbocycles. The molecule has 158 valence electrons. The number of aromatic nitrogens is 4. The van der Waals surface area contributed by atoms with Crippen LogP contribution < -0.4 is 10.9 Å². The molecule has 8 nitrogen and oxygen atoms in total. The molecule has 1 amide bonds. The van der Waals surface area contributed by atoms with Crippen LogP contribution in [0.3, 0.4) is 0 Å². The number of amides is 1. The van der Waals surface area contributed by atoms with E-state index in [0.29, 0.717) is 28.5 Å². The molecule has 1 aliphatic rings. The summed E-state index contributed by atoms with van der Waals surface area (Å²) in [7, 11) is 0. The van der Waals surface area contributed by atoms with Gasteiger partial charge in [-0.3, -0.25) is 14.2 Å². The summed E-state index contributed by atoms with van der Waals surface area (Å²) in [5, 5.41) is 8.47. The van der Waals surface area contributed by atoms with Crippen LogP contribution in [0.4, 0.5) is 0 Å². The third-order valence-electron chi connectivity index (χ3n) is 5.44. The van der Waals surface area contributed by atoms with Crippen LogP contribution in [0.1, 0.15) is 26.3 Å². The minimum atomic E-state index is -0.192. The van der Waals surface area contributed by atoms with Gasteiger partial charge in [0, 0.05) is 25.3 Å². The van der Waals surface area contributed by atoms with Crippen molar-refractivity contribution in [2.75, 3.05) is 31.9 Å². The van der Waals surface area contributed by atoms with E-state index in [1.165, 1.54) is 11.8 Å². The summed E-state index contributed by atoms with van der Waals surface area (Å²) in [4.78, 5) is 32.6. The van der Waals surface area contributed by atoms with Crippen molar-refractivity contribution >= 4 is 28.7 Å². The third kappa shape index (κ3) is 3.99. The van der Waals surface area contributed by atoms with Gasteiger partial charge in [0.05, 0.1) is 17.9 Å². The number of benzene rings is 1. The van der Waals surface area contributed by atoms with Crippen LogP contribution >= 0.6 is 11.8 Å². The molecule has 0 spiro atoms. The lowest BCUT2D eigenvalue weighted by Gasteiger charge is -2.18. The van der Waals surface area contributed by atoms with Gasteiger partial charge >= 0.3 is 0 Å². The van der Waals surface area contributed by atoms with Crippen molar-refractivity contribution in [3.05, 3.63) is 46.9 Å². The summed E-state index contributed by atoms with van der Waals surface area (Å²) in [6, 6.07) is 9.44. The second kappa shape index (κ2) is 9.01. The zero-order valence-corrected chi connectivity index (χ0v) is 18.1. The number of nitrogens with one attached hydrogen (secondary N) is 1. The number of likely N-dealkylation sites (N-methyl/N-ethyl adjacent to an activating group) is 1. The summed E-state index contributed by atoms with van der Waals surface area (Å²) in [6.45, 7) is 7.59. The van der Waals surface area contributed by atoms with E-state index < -0.39 is 0 Å². The number of carbonyl (C=O) groups is 1. The summed E-state index contributed by atoms with van der Waals surface area (Å²) in [5.41, 5.74) is 1.27. The van der Waals surface area contributed by atoms with Crippen LogP contribution in [0.25, 0.3) is 16.7 Å². The minimum Gasteiger partial charge on any atom is -0.355 e. The van der Waals surface area contributed by atoms with E-state index in [9.17, 15) is 9.59 Å². The molecule has 0 bridgehead atoms. The molecule has 0 saturated carbocycles. The van der Waals surface area contributed by atoms with Gasteiger partial charge in [-0.25, -0.2) is 9.67 Å². The number of hydrogen-bond donors (Lipinski definition) is 1. The maximum absolute atomic E-state index is 13.2. The van der Waals surface area contributed by atoms with E-state index in [4.69, 9.17) is 4.98 Å². The predicted octanol–water partition coefficient (Wildman–Crippen LogP) is 2.08. The van der Waals surface area contributed by atoms with Crippen molar-refractivity contribution in [2.24, 2.45) is 0 Å². The Bertz CT molecular complexity index is 1090. The van der Waals surface area contributed by atoms with E-state index in [2.05, 4.69) is 29.2 Å². The molecule has 0 radical (unpaired) electrons. The highest BCUT2D eigenvalue weighted by molar-refractivity contribution is 7.99. The molecule has 1 aromatic carbocycles. The van der Waals surface area contributed by atoms with Crippen LogP contribution in [0, 0.1) is 0 Å². The van der Waals surface area contributed by atoms with Gasteiger partial charge in [0.1, 0.15) is 5.39 Å². The average molecular weight is 427 g/mol. The molecule has 30 heavy (non-hydrogen) atoms. The lowest BCUT2D eigenvalue weighted by atomic mass is 10.2. The third-order valence-corrected chi connectivity index (χ3v) is 6.53. The smallest absolute Gasteiger partial charge is 0.265 e. The maximum Gasteiger partial charge on any atom is 0.265 e. The molecular weight excluding hydrogens is 400 g/mol. The standard InChI is InChI=1S/C21H26N6O2S/c1-3-25(4-2)11-10-22-18(28)12-16-14-30-21-24-19-17(20(29)26(16)21)13-23-27(19)15-8-6-5-7-9-15/h5-9,13,16H,3-4,10-12,14H2,1-2H3,(H,22,28)/t16-/m0/s1. The number of fused-ring (bicyclic) bond motifs is 2. The van der Waals surface area contributed by atoms with Crippen LogP contribution in [-0.4, -0.2) is 62.1 Å². The Morgan fingerprint density at radius 3 is 2.77 bits per heavy atom. The first-order valence-corrected chi connectivity index (χ1v) is 11.3. The summed E-state index contributed by atoms with van der Waals surface area (Å²) in [6.07, 6.45) is 1.84. The molecule has 3 aromatic rings. The lowest BCUT2D eigenvalue weighted by Crippen LogP contribution is -2.36. The Hall–Kier alpha value is -2.65. The van der Waals surface area contributed by atoms with Gasteiger partial charge in [0.15, 0.2) is 10.8 Å². The quantitative estimate of drug-likeness (QED) is 0.555. The molecule has 0 unspecified atom stereocenters. The first-order chi connectivity index (χ1) is 14.6. The van der Waals surface area contributed by atoms with Crippen LogP contribution in [0.2, 0.25) is 0 Å². The van der Waals surface area contributed by atoms with Crippen LogP contribution in [0.15, 0.2) is 46.5 Å². The van der Waals surface area contributed by atoms with Gasteiger partial charge in [-0.15, -0.1) is 0 Å². The number of hydrogen-bond acceptors (Lipinski definition) is 6. The van der Waals surface area contributed by atoms with Gasteiger partial charge in [0.2, 0.25) is 5.91 Å². The fourth-order valence-corrected chi connectivity index (χ4v) is 4.85. The average Bonchev–Trinajstić information content (AvgIpc) is 3.37. The largest absolute Gasteiger partial charge is 0.355 e. The fourth-order valence-electron chi connectivity index (χ4n) is 3.72. The van der Waals surface area contributed by atoms with Crippen molar-refractivity contribution in [3.8, 4) is 5.69 Å². The van der Waals surface area contributed by atoms with Gasteiger partial charge in [-0.05, 0) is 25.2 Å². The molecule has 1 N–H and O–H groups in total. The zero-order valence-electron chi connectivity index (χ0n) is 17.2. The molecule has 2 aromatic heterocycles. The number of rotatable bonds is 8. The molecule has 9 heteroatoms. The second-order valence-electron chi connectivity index (χ2n) is 7.24. The van der Waals surface area contributed by atoms with Crippen molar-refractivity contribution in [1.29, 1.82) is 0 Å². The Morgan fingerprint density at radius 1 is 1.27 bits per heavy atom. The SMILES string of the molecule is CCN(CC)CCNC(=O)C[C@H]1CSc2nc3c(cnn3-c3ccccc3)c(=O)n21. The predicted molar refractivity (Wildman–Crippen MR) is 118 cm³/mol. The normalized spacial score (nSPS) is 15.6. The molecule has 1 atom stereocenters. The number of para-hydroxylation sites is 1. The minimum absolute atomic E-state index is 0.0346. The molecule has 0 saturated heterocycles. The highest BCUT2D eigenvalue weighted by Crippen LogP contribution is 2.33. The van der Waals surface area contributed by atoms with E-state index in [-0.39, 0.29) is 23.9 Å². The van der Waals surface area contributed by atoms with E-state index in [1.807, 2.05) is 30.3 Å². The van der Waals surface area contributed by atoms with Crippen molar-refractivity contribution < 1.29 is 4.79 Å². The van der Waals surface area contributed by atoms with Crippen molar-refractivity contribution in [2.45, 2.75) is 31.5 Å². The molecule has 4 rings (SSSR count). The van der Waals surface area contributed by atoms with Gasteiger partial charge in [-0.2, -0.15) is 5.10 Å². The van der Waals surface area contributed by atoms with Crippen molar-refractivity contribution in [3.63, 3.8) is 0 Å². The van der Waals surface area contributed by atoms with E-state index in [0.717, 1.165) is 25.3 Å². The van der Waals surface area contributed by atoms with E-state index in [1.54, 1.807) is 15.4 Å². The Balaban J connectivity index is 1.52. The maximum atomic E-state index is 13.2. The molecular formula is C21H26N6O2S. The first kappa shape index (κ1) is 20.6. The highest BCUT2D eigenvalue weighted by Gasteiger charge is 2.29. The zero-order chi connectivity index (χ0) is 21.1. The Kier molecular flexibility index (Phi) is 6.19. The molecule has 3 heterocycles.